The van der Waals surface area contributed by atoms with Crippen LogP contribution in [-0.4, -0.2) is 31.1 Å². The zero-order valence-electron chi connectivity index (χ0n) is 19.3. The highest BCUT2D eigenvalue weighted by atomic mass is 16.5. The number of benzene rings is 3. The molecule has 0 bridgehead atoms. The van der Waals surface area contributed by atoms with E-state index in [1.807, 2.05) is 0 Å². The van der Waals surface area contributed by atoms with E-state index in [-0.39, 0.29) is 0 Å². The minimum absolute atomic E-state index is 0.751. The van der Waals surface area contributed by atoms with Gasteiger partial charge >= 0.3 is 0 Å². The Morgan fingerprint density at radius 2 is 1.38 bits per heavy atom. The molecule has 0 spiro atoms. The summed E-state index contributed by atoms with van der Waals surface area (Å²) in [5.74, 6) is 0.966. The first kappa shape index (κ1) is 22.4. The number of allylic oxidation sites excluding steroid dienone is 1. The van der Waals surface area contributed by atoms with E-state index in [2.05, 4.69) is 96.8 Å². The molecule has 1 heterocycles. The number of ether oxygens (including phenoxy) is 1. The van der Waals surface area contributed by atoms with E-state index in [9.17, 15) is 0 Å². The van der Waals surface area contributed by atoms with Gasteiger partial charge in [0.25, 0.3) is 0 Å². The highest BCUT2D eigenvalue weighted by Gasteiger charge is 2.14. The highest BCUT2D eigenvalue weighted by molar-refractivity contribution is 5.98. The standard InChI is InChI=1S/C30H35NO/c1-2-13-29(30(25-14-6-3-7-15-25)26-16-8-4-9-17-26)27-18-12-19-28(24-27)32-23-22-31-20-10-5-11-21-31/h3-4,6-9,12,14-19,24H,2,5,10-11,13,20-23H2,1H3. The first-order valence-corrected chi connectivity index (χ1v) is 12.1. The van der Waals surface area contributed by atoms with Crippen LogP contribution in [0, 0.1) is 0 Å². The maximum absolute atomic E-state index is 6.20. The number of nitrogens with zero attached hydrogens (tertiary/aromatic N) is 1. The summed E-state index contributed by atoms with van der Waals surface area (Å²) in [5.41, 5.74) is 6.48. The van der Waals surface area contributed by atoms with E-state index in [4.69, 9.17) is 4.74 Å². The third-order valence-corrected chi connectivity index (χ3v) is 6.23. The minimum Gasteiger partial charge on any atom is -0.492 e. The summed E-state index contributed by atoms with van der Waals surface area (Å²) in [5, 5.41) is 0. The van der Waals surface area contributed by atoms with Crippen LogP contribution in [0.25, 0.3) is 11.1 Å². The van der Waals surface area contributed by atoms with E-state index in [0.717, 1.165) is 31.7 Å². The minimum atomic E-state index is 0.751. The number of hydrogen-bond acceptors (Lipinski definition) is 2. The predicted molar refractivity (Wildman–Crippen MR) is 136 cm³/mol. The first-order chi connectivity index (χ1) is 15.8. The number of piperidine rings is 1. The van der Waals surface area contributed by atoms with Gasteiger partial charge in [0, 0.05) is 6.54 Å². The van der Waals surface area contributed by atoms with Gasteiger partial charge in [0.2, 0.25) is 0 Å². The largest absolute Gasteiger partial charge is 0.492 e. The molecule has 0 aromatic heterocycles. The Hall–Kier alpha value is -2.84. The van der Waals surface area contributed by atoms with E-state index < -0.39 is 0 Å². The molecule has 4 rings (SSSR count). The molecule has 0 aliphatic carbocycles. The van der Waals surface area contributed by atoms with Crippen molar-refractivity contribution in [3.05, 3.63) is 102 Å². The summed E-state index contributed by atoms with van der Waals surface area (Å²) in [6.07, 6.45) is 6.14. The molecule has 0 amide bonds. The summed E-state index contributed by atoms with van der Waals surface area (Å²) in [6, 6.07) is 30.2. The van der Waals surface area contributed by atoms with Crippen molar-refractivity contribution in [3.8, 4) is 5.75 Å². The van der Waals surface area contributed by atoms with Gasteiger partial charge in [-0.2, -0.15) is 0 Å². The number of rotatable bonds is 9. The fourth-order valence-electron chi connectivity index (χ4n) is 4.64. The zero-order valence-corrected chi connectivity index (χ0v) is 19.3. The molecule has 2 nitrogen and oxygen atoms in total. The van der Waals surface area contributed by atoms with Crippen LogP contribution in [-0.2, 0) is 0 Å². The third-order valence-electron chi connectivity index (χ3n) is 6.23. The smallest absolute Gasteiger partial charge is 0.119 e. The lowest BCUT2D eigenvalue weighted by Crippen LogP contribution is -2.33. The first-order valence-electron chi connectivity index (χ1n) is 12.1. The second kappa shape index (κ2) is 11.7. The Morgan fingerprint density at radius 1 is 0.750 bits per heavy atom. The molecule has 1 fully saturated rings. The van der Waals surface area contributed by atoms with Gasteiger partial charge in [-0.05, 0) is 72.3 Å². The topological polar surface area (TPSA) is 12.5 Å². The van der Waals surface area contributed by atoms with Crippen LogP contribution in [0.2, 0.25) is 0 Å². The highest BCUT2D eigenvalue weighted by Crippen LogP contribution is 2.36. The van der Waals surface area contributed by atoms with Crippen molar-refractivity contribution in [1.82, 2.24) is 4.90 Å². The average molecular weight is 426 g/mol. The van der Waals surface area contributed by atoms with Crippen molar-refractivity contribution in [1.29, 1.82) is 0 Å². The monoisotopic (exact) mass is 425 g/mol. The van der Waals surface area contributed by atoms with Crippen molar-refractivity contribution < 1.29 is 4.74 Å². The van der Waals surface area contributed by atoms with Gasteiger partial charge < -0.3 is 4.74 Å². The molecule has 1 aliphatic rings. The molecule has 3 aromatic carbocycles. The number of hydrogen-bond donors (Lipinski definition) is 0. The summed E-state index contributed by atoms with van der Waals surface area (Å²) in [7, 11) is 0. The van der Waals surface area contributed by atoms with Crippen molar-refractivity contribution in [2.45, 2.75) is 39.0 Å². The Labute approximate surface area is 193 Å². The average Bonchev–Trinajstić information content (AvgIpc) is 2.86. The molecule has 166 valence electrons. The summed E-state index contributed by atoms with van der Waals surface area (Å²) >= 11 is 0. The fourth-order valence-corrected chi connectivity index (χ4v) is 4.64. The van der Waals surface area contributed by atoms with E-state index in [1.54, 1.807) is 0 Å². The SMILES string of the molecule is CCCC(=C(c1ccccc1)c1ccccc1)c1cccc(OCCN2CCCCC2)c1. The molecule has 1 aliphatic heterocycles. The Bertz CT molecular complexity index is 946. The maximum Gasteiger partial charge on any atom is 0.119 e. The van der Waals surface area contributed by atoms with Crippen LogP contribution in [0.15, 0.2) is 84.9 Å². The van der Waals surface area contributed by atoms with E-state index in [0.29, 0.717) is 0 Å². The lowest BCUT2D eigenvalue weighted by Gasteiger charge is -2.26. The second-order valence-corrected chi connectivity index (χ2v) is 8.61. The molecule has 0 atom stereocenters. The van der Waals surface area contributed by atoms with Crippen molar-refractivity contribution in [2.24, 2.45) is 0 Å². The summed E-state index contributed by atoms with van der Waals surface area (Å²) in [4.78, 5) is 2.53. The lowest BCUT2D eigenvalue weighted by molar-refractivity contribution is 0.183. The molecule has 0 radical (unpaired) electrons. The summed E-state index contributed by atoms with van der Waals surface area (Å²) in [6.45, 7) is 6.45. The van der Waals surface area contributed by atoms with E-state index in [1.165, 1.54) is 60.2 Å². The van der Waals surface area contributed by atoms with Gasteiger partial charge in [-0.3, -0.25) is 4.90 Å². The predicted octanol–water partition coefficient (Wildman–Crippen LogP) is 7.31. The van der Waals surface area contributed by atoms with Gasteiger partial charge in [0.05, 0.1) is 0 Å². The Morgan fingerprint density at radius 3 is 2.00 bits per heavy atom. The molecule has 0 N–H and O–H groups in total. The molecule has 1 saturated heterocycles. The van der Waals surface area contributed by atoms with Crippen LogP contribution < -0.4 is 4.74 Å². The molecule has 2 heteroatoms. The van der Waals surface area contributed by atoms with Crippen LogP contribution in [0.3, 0.4) is 0 Å². The lowest BCUT2D eigenvalue weighted by atomic mass is 9.87. The molecular formula is C30H35NO. The molecule has 32 heavy (non-hydrogen) atoms. The van der Waals surface area contributed by atoms with Crippen LogP contribution >= 0.6 is 0 Å². The molecular weight excluding hydrogens is 390 g/mol. The van der Waals surface area contributed by atoms with Crippen molar-refractivity contribution in [3.63, 3.8) is 0 Å². The fraction of sp³-hybridized carbons (Fsp3) is 0.333. The quantitative estimate of drug-likeness (QED) is 0.333. The Balaban J connectivity index is 1.64. The van der Waals surface area contributed by atoms with Crippen molar-refractivity contribution in [2.75, 3.05) is 26.2 Å². The summed E-state index contributed by atoms with van der Waals surface area (Å²) < 4.78 is 6.20. The van der Waals surface area contributed by atoms with Crippen LogP contribution in [0.5, 0.6) is 5.75 Å². The van der Waals surface area contributed by atoms with Gasteiger partial charge in [0.1, 0.15) is 12.4 Å². The second-order valence-electron chi connectivity index (χ2n) is 8.61. The van der Waals surface area contributed by atoms with Crippen molar-refractivity contribution >= 4 is 11.1 Å². The van der Waals surface area contributed by atoms with Gasteiger partial charge in [-0.1, -0.05) is 92.6 Å². The van der Waals surface area contributed by atoms with Gasteiger partial charge in [-0.25, -0.2) is 0 Å². The van der Waals surface area contributed by atoms with Crippen LogP contribution in [0.1, 0.15) is 55.7 Å². The normalized spacial score (nSPS) is 14.2. The van der Waals surface area contributed by atoms with E-state index >= 15 is 0 Å². The van der Waals surface area contributed by atoms with Crippen LogP contribution in [0.4, 0.5) is 0 Å². The maximum atomic E-state index is 6.20. The zero-order chi connectivity index (χ0) is 22.0. The molecule has 0 saturated carbocycles. The Kier molecular flexibility index (Phi) is 8.17. The number of likely N-dealkylation sites (tertiary alicyclic amines) is 1. The van der Waals surface area contributed by atoms with Gasteiger partial charge in [0.15, 0.2) is 0 Å². The molecule has 3 aromatic rings. The van der Waals surface area contributed by atoms with Gasteiger partial charge in [-0.15, -0.1) is 0 Å². The third kappa shape index (κ3) is 5.89. The molecule has 0 unspecified atom stereocenters.